The van der Waals surface area contributed by atoms with Gasteiger partial charge in [-0.05, 0) is 86.5 Å². The van der Waals surface area contributed by atoms with Gasteiger partial charge in [0.25, 0.3) is 0 Å². The lowest BCUT2D eigenvalue weighted by atomic mass is 9.69. The predicted molar refractivity (Wildman–Crippen MR) is 123 cm³/mol. The summed E-state index contributed by atoms with van der Waals surface area (Å²) in [7, 11) is 0. The largest absolute Gasteiger partial charge is 0.573 e. The Labute approximate surface area is 192 Å². The van der Waals surface area contributed by atoms with Gasteiger partial charge in [0.1, 0.15) is 11.5 Å². The minimum atomic E-state index is -4.66. The zero-order chi connectivity index (χ0) is 22.8. The van der Waals surface area contributed by atoms with E-state index >= 15 is 0 Å². The minimum absolute atomic E-state index is 0.212. The van der Waals surface area contributed by atoms with Crippen molar-refractivity contribution < 1.29 is 22.6 Å². The summed E-state index contributed by atoms with van der Waals surface area (Å²) in [5.74, 6) is 3.73. The summed E-state index contributed by atoms with van der Waals surface area (Å²) in [6, 6.07) is 5.71. The lowest BCUT2D eigenvalue weighted by molar-refractivity contribution is -0.274. The molecule has 1 aromatic carbocycles. The highest BCUT2D eigenvalue weighted by molar-refractivity contribution is 5.31. The van der Waals surface area contributed by atoms with Crippen molar-refractivity contribution in [3.63, 3.8) is 0 Å². The molecule has 2 nitrogen and oxygen atoms in total. The third-order valence-corrected chi connectivity index (χ3v) is 7.71. The van der Waals surface area contributed by atoms with Gasteiger partial charge in [-0.25, -0.2) is 0 Å². The molecular weight excluding hydrogens is 413 g/mol. The molecule has 2 fully saturated rings. The smallest absolute Gasteiger partial charge is 0.493 e. The Kier molecular flexibility index (Phi) is 10.1. The van der Waals surface area contributed by atoms with Crippen LogP contribution in [0.5, 0.6) is 11.5 Å². The first-order chi connectivity index (χ1) is 15.4. The molecule has 2 aliphatic carbocycles. The first kappa shape index (κ1) is 25.2. The van der Waals surface area contributed by atoms with Gasteiger partial charge in [0, 0.05) is 0 Å². The van der Waals surface area contributed by atoms with E-state index in [9.17, 15) is 13.2 Å². The molecule has 0 radical (unpaired) electrons. The molecule has 0 saturated heterocycles. The molecule has 32 heavy (non-hydrogen) atoms. The van der Waals surface area contributed by atoms with Crippen molar-refractivity contribution in [2.45, 2.75) is 103 Å². The van der Waals surface area contributed by atoms with Gasteiger partial charge >= 0.3 is 6.36 Å². The Balaban J connectivity index is 1.29. The van der Waals surface area contributed by atoms with Crippen LogP contribution in [0, 0.1) is 23.7 Å². The van der Waals surface area contributed by atoms with Gasteiger partial charge in [-0.1, -0.05) is 58.3 Å². The third kappa shape index (κ3) is 8.86. The van der Waals surface area contributed by atoms with Crippen LogP contribution in [0.3, 0.4) is 0 Å². The third-order valence-electron chi connectivity index (χ3n) is 7.71. The Morgan fingerprint density at radius 2 is 1.25 bits per heavy atom. The maximum Gasteiger partial charge on any atom is 0.573 e. The Morgan fingerprint density at radius 3 is 1.81 bits per heavy atom. The van der Waals surface area contributed by atoms with Crippen LogP contribution >= 0.6 is 0 Å². The fraction of sp³-hybridized carbons (Fsp3) is 0.778. The fourth-order valence-corrected chi connectivity index (χ4v) is 5.76. The number of hydrogen-bond acceptors (Lipinski definition) is 2. The fourth-order valence-electron chi connectivity index (χ4n) is 5.76. The van der Waals surface area contributed by atoms with E-state index in [1.807, 2.05) is 0 Å². The van der Waals surface area contributed by atoms with E-state index in [1.165, 1.54) is 102 Å². The molecule has 0 amide bonds. The van der Waals surface area contributed by atoms with Crippen LogP contribution in [-0.2, 0) is 0 Å². The highest BCUT2D eigenvalue weighted by atomic mass is 19.4. The van der Waals surface area contributed by atoms with Crippen LogP contribution in [0.25, 0.3) is 0 Å². The van der Waals surface area contributed by atoms with Gasteiger partial charge in [0.05, 0.1) is 6.61 Å². The number of unbranched alkanes of at least 4 members (excludes halogenated alkanes) is 4. The van der Waals surface area contributed by atoms with Crippen LogP contribution in [0.4, 0.5) is 13.2 Å². The van der Waals surface area contributed by atoms with E-state index < -0.39 is 6.36 Å². The number of halogens is 3. The Bertz CT molecular complexity index is 627. The topological polar surface area (TPSA) is 18.5 Å². The van der Waals surface area contributed by atoms with Gasteiger partial charge in [-0.2, -0.15) is 0 Å². The molecule has 0 atom stereocenters. The summed E-state index contributed by atoms with van der Waals surface area (Å²) >= 11 is 0. The maximum atomic E-state index is 12.3. The number of rotatable bonds is 11. The average Bonchev–Trinajstić information content (AvgIpc) is 2.78. The van der Waals surface area contributed by atoms with Gasteiger partial charge in [0.15, 0.2) is 0 Å². The summed E-state index contributed by atoms with van der Waals surface area (Å²) in [5.41, 5.74) is 0. The van der Waals surface area contributed by atoms with Crippen molar-refractivity contribution in [3.05, 3.63) is 24.3 Å². The average molecular weight is 455 g/mol. The van der Waals surface area contributed by atoms with E-state index in [0.29, 0.717) is 18.3 Å². The van der Waals surface area contributed by atoms with Crippen molar-refractivity contribution >= 4 is 0 Å². The summed E-state index contributed by atoms with van der Waals surface area (Å²) in [6.45, 7) is 2.93. The molecule has 0 aliphatic heterocycles. The molecule has 3 rings (SSSR count). The molecule has 0 bridgehead atoms. The molecule has 0 aromatic heterocycles. The van der Waals surface area contributed by atoms with Gasteiger partial charge in [0.2, 0.25) is 0 Å². The summed E-state index contributed by atoms with van der Waals surface area (Å²) in [5, 5.41) is 0. The van der Waals surface area contributed by atoms with Crippen LogP contribution in [-0.4, -0.2) is 13.0 Å². The second-order valence-corrected chi connectivity index (χ2v) is 10.1. The first-order valence-corrected chi connectivity index (χ1v) is 12.9. The van der Waals surface area contributed by atoms with Gasteiger partial charge in [-0.3, -0.25) is 0 Å². The van der Waals surface area contributed by atoms with Gasteiger partial charge in [-0.15, -0.1) is 13.2 Å². The van der Waals surface area contributed by atoms with Crippen LogP contribution < -0.4 is 9.47 Å². The van der Waals surface area contributed by atoms with Crippen LogP contribution in [0.1, 0.15) is 96.8 Å². The quantitative estimate of drug-likeness (QED) is 0.311. The van der Waals surface area contributed by atoms with E-state index in [1.54, 1.807) is 12.1 Å². The molecule has 5 heteroatoms. The molecule has 182 valence electrons. The second-order valence-electron chi connectivity index (χ2n) is 10.1. The van der Waals surface area contributed by atoms with Gasteiger partial charge < -0.3 is 9.47 Å². The number of benzene rings is 1. The monoisotopic (exact) mass is 454 g/mol. The number of ether oxygens (including phenoxy) is 2. The van der Waals surface area contributed by atoms with Crippen LogP contribution in [0.2, 0.25) is 0 Å². The lowest BCUT2D eigenvalue weighted by Crippen LogP contribution is -2.27. The molecule has 0 unspecified atom stereocenters. The van der Waals surface area contributed by atoms with E-state index in [0.717, 1.165) is 17.8 Å². The molecule has 1 aromatic rings. The van der Waals surface area contributed by atoms with E-state index in [4.69, 9.17) is 4.74 Å². The highest BCUT2D eigenvalue weighted by Crippen LogP contribution is 2.42. The van der Waals surface area contributed by atoms with Crippen LogP contribution in [0.15, 0.2) is 24.3 Å². The van der Waals surface area contributed by atoms with Crippen molar-refractivity contribution in [2.75, 3.05) is 6.61 Å². The van der Waals surface area contributed by atoms with E-state index in [-0.39, 0.29) is 5.75 Å². The summed E-state index contributed by atoms with van der Waals surface area (Å²) < 4.78 is 46.5. The summed E-state index contributed by atoms with van der Waals surface area (Å²) in [6.07, 6.45) is 14.5. The molecule has 0 spiro atoms. The summed E-state index contributed by atoms with van der Waals surface area (Å²) in [4.78, 5) is 0. The van der Waals surface area contributed by atoms with Crippen molar-refractivity contribution in [1.29, 1.82) is 0 Å². The Hall–Kier alpha value is -1.39. The number of alkyl halides is 3. The SMILES string of the molecule is CCCCCCC[C@H]1CC[C@H](C2CCC(COc3ccc(OC(F)(F)F)cc3)CC2)CC1. The van der Waals surface area contributed by atoms with Crippen molar-refractivity contribution in [2.24, 2.45) is 23.7 Å². The molecular formula is C27H41F3O2. The molecule has 0 heterocycles. The van der Waals surface area contributed by atoms with E-state index in [2.05, 4.69) is 11.7 Å². The molecule has 2 aliphatic rings. The zero-order valence-electron chi connectivity index (χ0n) is 19.7. The maximum absolute atomic E-state index is 12.3. The first-order valence-electron chi connectivity index (χ1n) is 12.9. The standard InChI is InChI=1S/C27H41F3O2/c1-2-3-4-5-6-7-21-8-12-23(13-9-21)24-14-10-22(11-15-24)20-31-25-16-18-26(19-17-25)32-27(28,29)30/h16-19,21-24H,2-15,20H2,1H3/t21-,22?,23-,24?. The second kappa shape index (κ2) is 12.7. The normalized spacial score (nSPS) is 26.6. The lowest BCUT2D eigenvalue weighted by Gasteiger charge is -2.38. The number of hydrogen-bond donors (Lipinski definition) is 0. The highest BCUT2D eigenvalue weighted by Gasteiger charge is 2.32. The van der Waals surface area contributed by atoms with Crippen molar-refractivity contribution in [1.82, 2.24) is 0 Å². The van der Waals surface area contributed by atoms with Crippen molar-refractivity contribution in [3.8, 4) is 11.5 Å². The zero-order valence-corrected chi connectivity index (χ0v) is 19.7. The predicted octanol–water partition coefficient (Wildman–Crippen LogP) is 8.94. The minimum Gasteiger partial charge on any atom is -0.493 e. The Morgan fingerprint density at radius 1 is 0.719 bits per heavy atom. The molecule has 2 saturated carbocycles. The molecule has 0 N–H and O–H groups in total.